The number of esters is 1. The number of nitrogens with zero attached hydrogens (tertiary/aromatic N) is 2. The van der Waals surface area contributed by atoms with Crippen LogP contribution < -0.4 is 21.5 Å². The molecule has 2 rings (SSSR count). The lowest BCUT2D eigenvalue weighted by Gasteiger charge is -2.27. The number of nitrogens with one attached hydrogen (secondary N) is 2. The number of aromatic nitrogens is 2. The van der Waals surface area contributed by atoms with Gasteiger partial charge in [0.25, 0.3) is 12.0 Å². The number of hydrogen-bond donors (Lipinski definition) is 5. The van der Waals surface area contributed by atoms with E-state index in [4.69, 9.17) is 25.4 Å². The lowest BCUT2D eigenvalue weighted by atomic mass is 10.3. The third kappa shape index (κ3) is 4.34. The van der Waals surface area contributed by atoms with Crippen molar-refractivity contribution in [1.82, 2.24) is 9.97 Å². The molecule has 0 radical (unpaired) electrons. The van der Waals surface area contributed by atoms with Gasteiger partial charge >= 0.3 is 5.97 Å². The molecule has 2 heterocycles. The minimum absolute atomic E-state index is 0.0232. The van der Waals surface area contributed by atoms with Crippen molar-refractivity contribution in [3.05, 3.63) is 10.4 Å². The maximum Gasteiger partial charge on any atom is 0.309 e. The summed E-state index contributed by atoms with van der Waals surface area (Å²) in [7, 11) is 0. The molecule has 0 aromatic carbocycles. The maximum absolute atomic E-state index is 11.8. The topological polar surface area (TPSA) is 163 Å². The molecule has 1 unspecified atom stereocenters. The first kappa shape index (κ1) is 18.0. The second-order valence-electron chi connectivity index (χ2n) is 5.03. The number of nitrogen functional groups attached to an aromatic ring is 1. The smallest absolute Gasteiger partial charge is 0.309 e. The fourth-order valence-corrected chi connectivity index (χ4v) is 2.09. The number of nitrogens with two attached hydrogens (primary N) is 1. The summed E-state index contributed by atoms with van der Waals surface area (Å²) in [6.45, 7) is 0.0580. The summed E-state index contributed by atoms with van der Waals surface area (Å²) in [6, 6.07) is 0. The zero-order valence-corrected chi connectivity index (χ0v) is 13.0. The van der Waals surface area contributed by atoms with Crippen LogP contribution in [0.2, 0.25) is 0 Å². The average Bonchev–Trinajstić information content (AvgIpc) is 2.96. The Hall–Kier alpha value is -2.37. The van der Waals surface area contributed by atoms with Crippen LogP contribution in [0.15, 0.2) is 4.79 Å². The first-order valence-electron chi connectivity index (χ1n) is 7.50. The standard InChI is InChI=1S/C13H21N5O6/c14-12-16-10-9(11(22)17-12)15-7-18(10)13(23-6-2-5-20)24-8(21)3-1-4-19/h13,15,19-20H,1-7H2,(H3,14,16,17,22). The number of anilines is 3. The van der Waals surface area contributed by atoms with Crippen LogP contribution in [0.1, 0.15) is 19.3 Å². The van der Waals surface area contributed by atoms with Gasteiger partial charge in [-0.15, -0.1) is 0 Å². The predicted octanol–water partition coefficient (Wildman–Crippen LogP) is -1.46. The molecule has 134 valence electrons. The largest absolute Gasteiger partial charge is 0.416 e. The van der Waals surface area contributed by atoms with Gasteiger partial charge in [-0.25, -0.2) is 0 Å². The molecule has 0 aliphatic carbocycles. The highest BCUT2D eigenvalue weighted by atomic mass is 16.7. The third-order valence-corrected chi connectivity index (χ3v) is 3.21. The van der Waals surface area contributed by atoms with Gasteiger partial charge in [0.2, 0.25) is 5.95 Å². The molecule has 0 saturated heterocycles. The van der Waals surface area contributed by atoms with E-state index < -0.39 is 17.9 Å². The van der Waals surface area contributed by atoms with Crippen molar-refractivity contribution in [2.75, 3.05) is 42.4 Å². The van der Waals surface area contributed by atoms with Crippen molar-refractivity contribution < 1.29 is 24.5 Å². The number of fused-ring (bicyclic) bond motifs is 1. The molecule has 0 bridgehead atoms. The second-order valence-corrected chi connectivity index (χ2v) is 5.03. The van der Waals surface area contributed by atoms with Gasteiger partial charge in [-0.1, -0.05) is 0 Å². The predicted molar refractivity (Wildman–Crippen MR) is 84.1 cm³/mol. The van der Waals surface area contributed by atoms with Crippen molar-refractivity contribution in [3.8, 4) is 0 Å². The number of aromatic amines is 1. The van der Waals surface area contributed by atoms with Gasteiger partial charge < -0.3 is 30.7 Å². The molecular weight excluding hydrogens is 322 g/mol. The number of carbonyl (C=O) groups is 1. The summed E-state index contributed by atoms with van der Waals surface area (Å²) in [5.74, 6) is -0.433. The zero-order valence-electron chi connectivity index (χ0n) is 13.0. The molecular formula is C13H21N5O6. The molecule has 0 spiro atoms. The summed E-state index contributed by atoms with van der Waals surface area (Å²) in [5.41, 5.74) is 5.31. The van der Waals surface area contributed by atoms with Crippen molar-refractivity contribution >= 4 is 23.4 Å². The number of ether oxygens (including phenoxy) is 2. The van der Waals surface area contributed by atoms with Crippen molar-refractivity contribution in [1.29, 1.82) is 0 Å². The van der Waals surface area contributed by atoms with Crippen LogP contribution in [0.4, 0.5) is 17.5 Å². The van der Waals surface area contributed by atoms with Crippen LogP contribution in [0.25, 0.3) is 0 Å². The summed E-state index contributed by atoms with van der Waals surface area (Å²) in [5, 5.41) is 20.5. The second kappa shape index (κ2) is 8.47. The number of H-pyrrole nitrogens is 1. The number of carbonyl (C=O) groups excluding carboxylic acids is 1. The summed E-state index contributed by atoms with van der Waals surface area (Å²) in [6.07, 6.45) is -0.494. The van der Waals surface area contributed by atoms with E-state index in [0.717, 1.165) is 0 Å². The zero-order chi connectivity index (χ0) is 17.5. The van der Waals surface area contributed by atoms with Gasteiger partial charge in [-0.2, -0.15) is 4.98 Å². The molecule has 1 aliphatic heterocycles. The van der Waals surface area contributed by atoms with Gasteiger partial charge in [-0.3, -0.25) is 19.5 Å². The lowest BCUT2D eigenvalue weighted by Crippen LogP contribution is -2.41. The van der Waals surface area contributed by atoms with Crippen LogP contribution in [-0.2, 0) is 14.3 Å². The van der Waals surface area contributed by atoms with Gasteiger partial charge in [0.15, 0.2) is 5.82 Å². The first-order chi connectivity index (χ1) is 11.6. The average molecular weight is 343 g/mol. The fraction of sp³-hybridized carbons (Fsp3) is 0.615. The SMILES string of the molecule is Nc1nc2c(c(=O)[nH]1)NCN2C(OCCCO)OC(=O)CCCO. The van der Waals surface area contributed by atoms with Gasteiger partial charge in [0, 0.05) is 19.6 Å². The molecule has 11 heteroatoms. The molecule has 6 N–H and O–H groups in total. The molecule has 1 aromatic heterocycles. The third-order valence-electron chi connectivity index (χ3n) is 3.21. The van der Waals surface area contributed by atoms with Crippen LogP contribution in [0.5, 0.6) is 0 Å². The highest BCUT2D eigenvalue weighted by Crippen LogP contribution is 2.28. The summed E-state index contributed by atoms with van der Waals surface area (Å²) >= 11 is 0. The van der Waals surface area contributed by atoms with E-state index in [1.165, 1.54) is 4.90 Å². The van der Waals surface area contributed by atoms with E-state index in [0.29, 0.717) is 6.42 Å². The Kier molecular flexibility index (Phi) is 6.35. The van der Waals surface area contributed by atoms with E-state index in [9.17, 15) is 9.59 Å². The highest BCUT2D eigenvalue weighted by Gasteiger charge is 2.32. The normalized spacial score (nSPS) is 14.2. The first-order valence-corrected chi connectivity index (χ1v) is 7.50. The van der Waals surface area contributed by atoms with E-state index in [1.807, 2.05) is 0 Å². The number of rotatable bonds is 9. The number of aliphatic hydroxyl groups is 2. The Morgan fingerprint density at radius 3 is 2.83 bits per heavy atom. The van der Waals surface area contributed by atoms with E-state index in [1.54, 1.807) is 0 Å². The van der Waals surface area contributed by atoms with Crippen LogP contribution in [0.3, 0.4) is 0 Å². The fourth-order valence-electron chi connectivity index (χ4n) is 2.09. The van der Waals surface area contributed by atoms with Crippen LogP contribution in [-0.4, -0.2) is 59.1 Å². The summed E-state index contributed by atoms with van der Waals surface area (Å²) in [4.78, 5) is 31.5. The minimum atomic E-state index is -1.13. The lowest BCUT2D eigenvalue weighted by molar-refractivity contribution is -0.179. The monoisotopic (exact) mass is 343 g/mol. The van der Waals surface area contributed by atoms with E-state index in [-0.39, 0.29) is 56.8 Å². The Bertz CT molecular complexity index is 621. The Morgan fingerprint density at radius 1 is 1.38 bits per heavy atom. The van der Waals surface area contributed by atoms with Gasteiger partial charge in [0.1, 0.15) is 5.69 Å². The minimum Gasteiger partial charge on any atom is -0.416 e. The van der Waals surface area contributed by atoms with Crippen molar-refractivity contribution in [3.63, 3.8) is 0 Å². The van der Waals surface area contributed by atoms with Crippen molar-refractivity contribution in [2.24, 2.45) is 0 Å². The molecule has 1 aliphatic rings. The van der Waals surface area contributed by atoms with E-state index in [2.05, 4.69) is 15.3 Å². The van der Waals surface area contributed by atoms with E-state index >= 15 is 0 Å². The van der Waals surface area contributed by atoms with Crippen molar-refractivity contribution in [2.45, 2.75) is 25.7 Å². The molecule has 0 saturated carbocycles. The molecule has 0 amide bonds. The quantitative estimate of drug-likeness (QED) is 0.203. The highest BCUT2D eigenvalue weighted by molar-refractivity contribution is 5.72. The Morgan fingerprint density at radius 2 is 2.12 bits per heavy atom. The van der Waals surface area contributed by atoms with Gasteiger partial charge in [0.05, 0.1) is 13.3 Å². The molecule has 11 nitrogen and oxygen atoms in total. The molecule has 0 fully saturated rings. The Labute approximate surface area is 137 Å². The molecule has 1 aromatic rings. The number of aliphatic hydroxyl groups excluding tert-OH is 2. The van der Waals surface area contributed by atoms with Crippen LogP contribution >= 0.6 is 0 Å². The number of hydrogen-bond acceptors (Lipinski definition) is 10. The Balaban J connectivity index is 2.16. The maximum atomic E-state index is 11.8. The summed E-state index contributed by atoms with van der Waals surface area (Å²) < 4.78 is 10.7. The molecule has 24 heavy (non-hydrogen) atoms. The molecule has 1 atom stereocenters. The van der Waals surface area contributed by atoms with Crippen LogP contribution in [0, 0.1) is 0 Å². The van der Waals surface area contributed by atoms with Gasteiger partial charge in [-0.05, 0) is 12.8 Å².